The summed E-state index contributed by atoms with van der Waals surface area (Å²) in [5.41, 5.74) is 0. The Kier molecular flexibility index (Phi) is 6.63. The van der Waals surface area contributed by atoms with Crippen LogP contribution in [0.4, 0.5) is 0 Å². The Morgan fingerprint density at radius 2 is 1.25 bits per heavy atom. The van der Waals surface area contributed by atoms with Crippen molar-refractivity contribution in [3.63, 3.8) is 0 Å². The summed E-state index contributed by atoms with van der Waals surface area (Å²) in [4.78, 5) is 21.8. The zero-order chi connectivity index (χ0) is 12.7. The molecule has 0 heterocycles. The molecule has 0 radical (unpaired) electrons. The summed E-state index contributed by atoms with van der Waals surface area (Å²) in [5.74, 6) is -1.65. The molecule has 0 aromatic rings. The van der Waals surface area contributed by atoms with Gasteiger partial charge in [0.05, 0.1) is 18.9 Å². The molecule has 7 heteroatoms. The SMILES string of the molecule is CC(O)OC(=O)CC(O)CC(=O)OC(C)O. The second-order valence-electron chi connectivity index (χ2n) is 3.24. The van der Waals surface area contributed by atoms with E-state index in [1.807, 2.05) is 0 Å². The highest BCUT2D eigenvalue weighted by atomic mass is 16.6. The Bertz CT molecular complexity index is 212. The van der Waals surface area contributed by atoms with E-state index in [0.717, 1.165) is 0 Å². The molecule has 0 spiro atoms. The van der Waals surface area contributed by atoms with Gasteiger partial charge in [0, 0.05) is 0 Å². The van der Waals surface area contributed by atoms with E-state index in [1.165, 1.54) is 13.8 Å². The van der Waals surface area contributed by atoms with Gasteiger partial charge in [-0.3, -0.25) is 9.59 Å². The van der Waals surface area contributed by atoms with Crippen molar-refractivity contribution in [1.29, 1.82) is 0 Å². The summed E-state index contributed by atoms with van der Waals surface area (Å²) in [6.45, 7) is 2.48. The third-order valence-electron chi connectivity index (χ3n) is 1.41. The number of hydrogen-bond donors (Lipinski definition) is 3. The Labute approximate surface area is 92.6 Å². The van der Waals surface area contributed by atoms with Crippen molar-refractivity contribution < 1.29 is 34.4 Å². The molecule has 0 amide bonds. The number of rotatable bonds is 6. The number of carbonyl (C=O) groups excluding carboxylic acids is 2. The monoisotopic (exact) mass is 236 g/mol. The molecule has 94 valence electrons. The normalized spacial score (nSPS) is 16.1. The van der Waals surface area contributed by atoms with Crippen molar-refractivity contribution in [3.8, 4) is 0 Å². The van der Waals surface area contributed by atoms with Gasteiger partial charge in [-0.05, 0) is 13.8 Å². The molecule has 0 aliphatic carbocycles. The van der Waals surface area contributed by atoms with E-state index >= 15 is 0 Å². The molecule has 0 saturated heterocycles. The molecular weight excluding hydrogens is 220 g/mol. The Morgan fingerprint density at radius 3 is 1.50 bits per heavy atom. The minimum atomic E-state index is -1.27. The predicted octanol–water partition coefficient (Wildman–Crippen LogP) is -1.11. The first-order valence-corrected chi connectivity index (χ1v) is 4.74. The minimum Gasteiger partial charge on any atom is -0.436 e. The molecule has 0 aromatic carbocycles. The quantitative estimate of drug-likeness (QED) is 0.396. The lowest BCUT2D eigenvalue weighted by atomic mass is 10.2. The molecule has 2 unspecified atom stereocenters. The largest absolute Gasteiger partial charge is 0.436 e. The molecule has 0 fully saturated rings. The molecule has 7 nitrogen and oxygen atoms in total. The number of esters is 2. The maximum absolute atomic E-state index is 10.9. The van der Waals surface area contributed by atoms with Crippen molar-refractivity contribution >= 4 is 11.9 Å². The zero-order valence-electron chi connectivity index (χ0n) is 9.12. The second-order valence-corrected chi connectivity index (χ2v) is 3.24. The summed E-state index contributed by atoms with van der Waals surface area (Å²) in [6, 6.07) is 0. The molecule has 0 bridgehead atoms. The van der Waals surface area contributed by atoms with E-state index in [-0.39, 0.29) is 0 Å². The van der Waals surface area contributed by atoms with Crippen LogP contribution in [0, 0.1) is 0 Å². The number of aliphatic hydroxyl groups excluding tert-OH is 3. The van der Waals surface area contributed by atoms with Gasteiger partial charge in [0.2, 0.25) is 0 Å². The van der Waals surface area contributed by atoms with E-state index in [9.17, 15) is 14.7 Å². The first kappa shape index (κ1) is 14.8. The molecule has 0 saturated carbocycles. The summed E-state index contributed by atoms with van der Waals surface area (Å²) < 4.78 is 8.68. The lowest BCUT2D eigenvalue weighted by Gasteiger charge is -2.12. The number of ether oxygens (including phenoxy) is 2. The van der Waals surface area contributed by atoms with Crippen LogP contribution in [0.1, 0.15) is 26.7 Å². The molecule has 0 aliphatic rings. The maximum atomic E-state index is 10.9. The van der Waals surface area contributed by atoms with Gasteiger partial charge in [-0.1, -0.05) is 0 Å². The standard InChI is InChI=1S/C9H16O7/c1-5(10)15-8(13)3-7(12)4-9(14)16-6(2)11/h5-7,10-12H,3-4H2,1-2H3. The molecule has 3 N–H and O–H groups in total. The van der Waals surface area contributed by atoms with Crippen LogP contribution in [0.2, 0.25) is 0 Å². The predicted molar refractivity (Wildman–Crippen MR) is 50.8 cm³/mol. The van der Waals surface area contributed by atoms with Gasteiger partial charge in [0.1, 0.15) is 0 Å². The van der Waals surface area contributed by atoms with Crippen LogP contribution in [0.5, 0.6) is 0 Å². The number of aliphatic hydroxyl groups is 3. The average molecular weight is 236 g/mol. The molecule has 0 aromatic heterocycles. The van der Waals surface area contributed by atoms with Crippen molar-refractivity contribution in [2.75, 3.05) is 0 Å². The van der Waals surface area contributed by atoms with Gasteiger partial charge in [-0.15, -0.1) is 0 Å². The van der Waals surface area contributed by atoms with Crippen molar-refractivity contribution in [2.24, 2.45) is 0 Å². The lowest BCUT2D eigenvalue weighted by molar-refractivity contribution is -0.170. The van der Waals surface area contributed by atoms with Crippen molar-refractivity contribution in [2.45, 2.75) is 45.4 Å². The van der Waals surface area contributed by atoms with Crippen molar-refractivity contribution in [3.05, 3.63) is 0 Å². The molecule has 16 heavy (non-hydrogen) atoms. The summed E-state index contributed by atoms with van der Waals surface area (Å²) in [5, 5.41) is 26.6. The van der Waals surface area contributed by atoms with Crippen LogP contribution in [0.25, 0.3) is 0 Å². The van der Waals surface area contributed by atoms with Crippen LogP contribution in [0.3, 0.4) is 0 Å². The van der Waals surface area contributed by atoms with Crippen LogP contribution < -0.4 is 0 Å². The highest BCUT2D eigenvalue weighted by molar-refractivity contribution is 5.73. The third kappa shape index (κ3) is 8.16. The number of carbonyl (C=O) groups is 2. The molecule has 0 aliphatic heterocycles. The highest BCUT2D eigenvalue weighted by Gasteiger charge is 2.18. The molecule has 2 atom stereocenters. The number of hydrogen-bond acceptors (Lipinski definition) is 7. The van der Waals surface area contributed by atoms with Crippen molar-refractivity contribution in [1.82, 2.24) is 0 Å². The van der Waals surface area contributed by atoms with Gasteiger partial charge in [0.15, 0.2) is 12.6 Å². The van der Waals surface area contributed by atoms with Gasteiger partial charge in [-0.2, -0.15) is 0 Å². The lowest BCUT2D eigenvalue weighted by Crippen LogP contribution is -2.24. The summed E-state index contributed by atoms with van der Waals surface area (Å²) >= 11 is 0. The Morgan fingerprint density at radius 1 is 0.938 bits per heavy atom. The first-order chi connectivity index (χ1) is 7.31. The highest BCUT2D eigenvalue weighted by Crippen LogP contribution is 2.03. The fraction of sp³-hybridized carbons (Fsp3) is 0.778. The Balaban J connectivity index is 3.85. The summed E-state index contributed by atoms with van der Waals surface area (Å²) in [7, 11) is 0. The zero-order valence-corrected chi connectivity index (χ0v) is 9.12. The Hall–Kier alpha value is -1.18. The van der Waals surface area contributed by atoms with E-state index in [2.05, 4.69) is 9.47 Å². The van der Waals surface area contributed by atoms with E-state index in [0.29, 0.717) is 0 Å². The van der Waals surface area contributed by atoms with Gasteiger partial charge in [-0.25, -0.2) is 0 Å². The van der Waals surface area contributed by atoms with E-state index in [4.69, 9.17) is 10.2 Å². The summed E-state index contributed by atoms with van der Waals surface area (Å²) in [6.07, 6.45) is -4.65. The van der Waals surface area contributed by atoms with Crippen LogP contribution >= 0.6 is 0 Å². The molecular formula is C9H16O7. The fourth-order valence-corrected chi connectivity index (χ4v) is 0.934. The van der Waals surface area contributed by atoms with Crippen LogP contribution in [0.15, 0.2) is 0 Å². The third-order valence-corrected chi connectivity index (χ3v) is 1.41. The minimum absolute atomic E-state index is 0.431. The average Bonchev–Trinajstić information content (AvgIpc) is 1.97. The van der Waals surface area contributed by atoms with Crippen LogP contribution in [-0.2, 0) is 19.1 Å². The first-order valence-electron chi connectivity index (χ1n) is 4.74. The van der Waals surface area contributed by atoms with Crippen LogP contribution in [-0.4, -0.2) is 45.9 Å². The van der Waals surface area contributed by atoms with Gasteiger partial charge >= 0.3 is 11.9 Å². The topological polar surface area (TPSA) is 113 Å². The maximum Gasteiger partial charge on any atom is 0.310 e. The van der Waals surface area contributed by atoms with E-state index < -0.39 is 43.5 Å². The smallest absolute Gasteiger partial charge is 0.310 e. The van der Waals surface area contributed by atoms with Gasteiger partial charge in [0.25, 0.3) is 0 Å². The molecule has 0 rings (SSSR count). The van der Waals surface area contributed by atoms with Gasteiger partial charge < -0.3 is 24.8 Å². The fourth-order valence-electron chi connectivity index (χ4n) is 0.934. The van der Waals surface area contributed by atoms with E-state index in [1.54, 1.807) is 0 Å². The second kappa shape index (κ2) is 7.15.